The number of aryl methyl sites for hydroxylation is 1. The van der Waals surface area contributed by atoms with Crippen molar-refractivity contribution in [1.29, 1.82) is 0 Å². The lowest BCUT2D eigenvalue weighted by Crippen LogP contribution is -2.39. The molecule has 0 radical (unpaired) electrons. The predicted molar refractivity (Wildman–Crippen MR) is 67.2 cm³/mol. The first kappa shape index (κ1) is 13.7. The molecular formula is C12H18N4O3. The monoisotopic (exact) mass is 266 g/mol. The van der Waals surface area contributed by atoms with Crippen molar-refractivity contribution in [3.63, 3.8) is 0 Å². The highest BCUT2D eigenvalue weighted by Crippen LogP contribution is 2.21. The summed E-state index contributed by atoms with van der Waals surface area (Å²) in [6, 6.07) is 1.72. The van der Waals surface area contributed by atoms with Crippen LogP contribution < -0.4 is 5.73 Å². The molecule has 0 bridgehead atoms. The number of nitrogens with two attached hydrogens (primary N) is 1. The third kappa shape index (κ3) is 3.18. The maximum absolute atomic E-state index is 6.12. The van der Waals surface area contributed by atoms with Gasteiger partial charge in [0.1, 0.15) is 11.3 Å². The third-order valence-electron chi connectivity index (χ3n) is 2.53. The number of rotatable bonds is 6. The van der Waals surface area contributed by atoms with Gasteiger partial charge in [-0.2, -0.15) is 4.98 Å². The zero-order valence-corrected chi connectivity index (χ0v) is 11.3. The van der Waals surface area contributed by atoms with Crippen LogP contribution in [0.4, 0.5) is 0 Å². The maximum atomic E-state index is 6.12. The van der Waals surface area contributed by atoms with Crippen molar-refractivity contribution < 1.29 is 13.8 Å². The Bertz CT molecular complexity index is 533. The average Bonchev–Trinajstić information content (AvgIpc) is 2.97. The smallest absolute Gasteiger partial charge is 0.280 e. The Hall–Kier alpha value is -1.73. The van der Waals surface area contributed by atoms with Crippen LogP contribution in [0.3, 0.4) is 0 Å². The molecule has 104 valence electrons. The summed E-state index contributed by atoms with van der Waals surface area (Å²) in [6.45, 7) is 6.61. The summed E-state index contributed by atoms with van der Waals surface area (Å²) in [6.07, 6.45) is 0.936. The van der Waals surface area contributed by atoms with Crippen LogP contribution in [-0.2, 0) is 10.3 Å². The van der Waals surface area contributed by atoms with Crippen molar-refractivity contribution >= 4 is 0 Å². The highest BCUT2D eigenvalue weighted by Gasteiger charge is 2.28. The average molecular weight is 266 g/mol. The van der Waals surface area contributed by atoms with Crippen molar-refractivity contribution in [3.8, 4) is 11.6 Å². The van der Waals surface area contributed by atoms with Crippen molar-refractivity contribution in [3.05, 3.63) is 17.7 Å². The normalized spacial score (nSPS) is 14.5. The Morgan fingerprint density at radius 1 is 1.37 bits per heavy atom. The second-order valence-corrected chi connectivity index (χ2v) is 4.72. The fourth-order valence-corrected chi connectivity index (χ4v) is 1.52. The SMILES string of the molecule is CCCOCC(C)(N)c1noc(-c2cc(C)on2)n1. The number of hydrogen-bond acceptors (Lipinski definition) is 7. The van der Waals surface area contributed by atoms with Crippen LogP contribution in [0.2, 0.25) is 0 Å². The van der Waals surface area contributed by atoms with Crippen LogP contribution in [0.5, 0.6) is 0 Å². The molecule has 0 spiro atoms. The van der Waals surface area contributed by atoms with Gasteiger partial charge in [-0.25, -0.2) is 0 Å². The van der Waals surface area contributed by atoms with Gasteiger partial charge in [-0.15, -0.1) is 0 Å². The summed E-state index contributed by atoms with van der Waals surface area (Å²) in [5.41, 5.74) is 5.83. The second-order valence-electron chi connectivity index (χ2n) is 4.72. The Kier molecular flexibility index (Phi) is 3.96. The molecule has 2 aromatic rings. The summed E-state index contributed by atoms with van der Waals surface area (Å²) in [4.78, 5) is 4.24. The predicted octanol–water partition coefficient (Wildman–Crippen LogP) is 1.63. The van der Waals surface area contributed by atoms with Gasteiger partial charge in [0, 0.05) is 12.7 Å². The van der Waals surface area contributed by atoms with Crippen LogP contribution in [0.1, 0.15) is 31.9 Å². The molecule has 0 aromatic carbocycles. The van der Waals surface area contributed by atoms with Crippen LogP contribution in [-0.4, -0.2) is 28.5 Å². The van der Waals surface area contributed by atoms with E-state index in [9.17, 15) is 0 Å². The molecule has 2 rings (SSSR count). The van der Waals surface area contributed by atoms with Crippen LogP contribution in [0, 0.1) is 6.92 Å². The summed E-state index contributed by atoms with van der Waals surface area (Å²) in [5, 5.41) is 7.69. The first-order chi connectivity index (χ1) is 9.03. The van der Waals surface area contributed by atoms with Crippen molar-refractivity contribution in [1.82, 2.24) is 15.3 Å². The first-order valence-corrected chi connectivity index (χ1v) is 6.17. The molecule has 1 atom stereocenters. The molecule has 0 fully saturated rings. The fraction of sp³-hybridized carbons (Fsp3) is 0.583. The second kappa shape index (κ2) is 5.50. The number of aromatic nitrogens is 3. The molecule has 0 aliphatic rings. The molecule has 0 aliphatic heterocycles. The lowest BCUT2D eigenvalue weighted by Gasteiger charge is -2.19. The molecule has 1 unspecified atom stereocenters. The van der Waals surface area contributed by atoms with Gasteiger partial charge in [-0.3, -0.25) is 0 Å². The standard InChI is InChI=1S/C12H18N4O3/c1-4-5-17-7-12(3,13)11-14-10(19-16-11)9-6-8(2)18-15-9/h6H,4-5,7,13H2,1-3H3. The molecule has 7 nitrogen and oxygen atoms in total. The van der Waals surface area contributed by atoms with Gasteiger partial charge in [0.05, 0.1) is 6.61 Å². The van der Waals surface area contributed by atoms with E-state index in [-0.39, 0.29) is 0 Å². The molecule has 0 saturated heterocycles. The topological polar surface area (TPSA) is 100 Å². The van der Waals surface area contributed by atoms with Crippen molar-refractivity contribution in [2.45, 2.75) is 32.7 Å². The Balaban J connectivity index is 2.11. The summed E-state index contributed by atoms with van der Waals surface area (Å²) in [7, 11) is 0. The van der Waals surface area contributed by atoms with E-state index >= 15 is 0 Å². The Labute approximate surface area is 111 Å². The van der Waals surface area contributed by atoms with E-state index in [1.54, 1.807) is 19.9 Å². The van der Waals surface area contributed by atoms with Gasteiger partial charge in [0.25, 0.3) is 5.89 Å². The highest BCUT2D eigenvalue weighted by molar-refractivity contribution is 5.45. The maximum Gasteiger partial charge on any atom is 0.280 e. The van der Waals surface area contributed by atoms with Gasteiger partial charge in [-0.1, -0.05) is 17.2 Å². The highest BCUT2D eigenvalue weighted by atomic mass is 16.5. The molecule has 0 saturated carbocycles. The Morgan fingerprint density at radius 2 is 2.16 bits per heavy atom. The third-order valence-corrected chi connectivity index (χ3v) is 2.53. The lowest BCUT2D eigenvalue weighted by atomic mass is 10.1. The molecule has 0 aliphatic carbocycles. The minimum Gasteiger partial charge on any atom is -0.379 e. The van der Waals surface area contributed by atoms with Crippen molar-refractivity contribution in [2.75, 3.05) is 13.2 Å². The zero-order chi connectivity index (χ0) is 13.9. The first-order valence-electron chi connectivity index (χ1n) is 6.17. The van der Waals surface area contributed by atoms with E-state index in [0.717, 1.165) is 6.42 Å². The van der Waals surface area contributed by atoms with Crippen LogP contribution >= 0.6 is 0 Å². The van der Waals surface area contributed by atoms with Crippen LogP contribution in [0.25, 0.3) is 11.6 Å². The van der Waals surface area contributed by atoms with Crippen LogP contribution in [0.15, 0.2) is 15.1 Å². The summed E-state index contributed by atoms with van der Waals surface area (Å²) < 4.78 is 15.5. The molecule has 2 heterocycles. The quantitative estimate of drug-likeness (QED) is 0.793. The summed E-state index contributed by atoms with van der Waals surface area (Å²) in [5.74, 6) is 1.36. The molecule has 7 heteroatoms. The van der Waals surface area contributed by atoms with Gasteiger partial charge in [0.15, 0.2) is 11.5 Å². The van der Waals surface area contributed by atoms with Gasteiger partial charge < -0.3 is 19.5 Å². The molecular weight excluding hydrogens is 248 g/mol. The van der Waals surface area contributed by atoms with E-state index < -0.39 is 5.54 Å². The van der Waals surface area contributed by atoms with E-state index in [2.05, 4.69) is 15.3 Å². The largest absolute Gasteiger partial charge is 0.379 e. The number of hydrogen-bond donors (Lipinski definition) is 1. The molecule has 2 N–H and O–H groups in total. The van der Waals surface area contributed by atoms with Crippen molar-refractivity contribution in [2.24, 2.45) is 5.73 Å². The van der Waals surface area contributed by atoms with E-state index in [1.807, 2.05) is 6.92 Å². The van der Waals surface area contributed by atoms with Gasteiger partial charge in [-0.05, 0) is 20.3 Å². The van der Waals surface area contributed by atoms with E-state index in [4.69, 9.17) is 19.5 Å². The Morgan fingerprint density at radius 3 is 2.79 bits per heavy atom. The minimum atomic E-state index is -0.796. The van der Waals surface area contributed by atoms with Gasteiger partial charge in [0.2, 0.25) is 0 Å². The fourth-order valence-electron chi connectivity index (χ4n) is 1.52. The van der Waals surface area contributed by atoms with E-state index in [1.165, 1.54) is 0 Å². The minimum absolute atomic E-state index is 0.291. The molecule has 2 aromatic heterocycles. The number of nitrogens with zero attached hydrogens (tertiary/aromatic N) is 3. The zero-order valence-electron chi connectivity index (χ0n) is 11.3. The molecule has 0 amide bonds. The summed E-state index contributed by atoms with van der Waals surface area (Å²) >= 11 is 0. The lowest BCUT2D eigenvalue weighted by molar-refractivity contribution is 0.0867. The van der Waals surface area contributed by atoms with Gasteiger partial charge >= 0.3 is 0 Å². The number of ether oxygens (including phenoxy) is 1. The molecule has 19 heavy (non-hydrogen) atoms. The van der Waals surface area contributed by atoms with E-state index in [0.29, 0.717) is 36.4 Å².